The van der Waals surface area contributed by atoms with E-state index in [9.17, 15) is 5.26 Å². The van der Waals surface area contributed by atoms with E-state index in [1.54, 1.807) is 11.9 Å². The molecule has 1 N–H and O–H groups in total. The van der Waals surface area contributed by atoms with Crippen molar-refractivity contribution in [2.75, 3.05) is 25.3 Å². The number of ether oxygens (including phenoxy) is 2. The van der Waals surface area contributed by atoms with Gasteiger partial charge >= 0.3 is 0 Å². The van der Waals surface area contributed by atoms with E-state index in [1.807, 2.05) is 42.7 Å². The van der Waals surface area contributed by atoms with Crippen LogP contribution in [0.25, 0.3) is 0 Å². The predicted molar refractivity (Wildman–Crippen MR) is 136 cm³/mol. The zero-order valence-electron chi connectivity index (χ0n) is 19.0. The Hall–Kier alpha value is -1.84. The lowest BCUT2D eigenvalue weighted by molar-refractivity contribution is 0.341. The molecule has 0 aromatic heterocycles. The molecular weight excluding hydrogens is 463 g/mol. The lowest BCUT2D eigenvalue weighted by Crippen LogP contribution is -2.20. The average molecular weight is 494 g/mol. The van der Waals surface area contributed by atoms with E-state index in [2.05, 4.69) is 38.1 Å². The van der Waals surface area contributed by atoms with Crippen LogP contribution in [0.15, 0.2) is 48.6 Å². The van der Waals surface area contributed by atoms with Crippen LogP contribution in [-0.2, 0) is 5.41 Å². The second-order valence-electron chi connectivity index (χ2n) is 8.10. The van der Waals surface area contributed by atoms with Gasteiger partial charge in [0.15, 0.2) is 5.75 Å². The Kier molecular flexibility index (Phi) is 10.2. The monoisotopic (exact) mass is 492 g/mol. The molecule has 0 saturated heterocycles. The minimum absolute atomic E-state index is 0.291. The standard InChI is InChI=1S/C25H30Cl2N2O2S/c1-17(12-18(2)29-32-5)16-31-22-8-6-20(7-9-22)25(3,4)21-13-19(15-28)24(23(27)14-21)30-11-10-26/h6-9,13-14,18,29H,1,10-12,16H2,2-5H3. The fourth-order valence-corrected chi connectivity index (χ4v) is 4.22. The zero-order chi connectivity index (χ0) is 23.7. The summed E-state index contributed by atoms with van der Waals surface area (Å²) in [5.74, 6) is 1.49. The first-order valence-electron chi connectivity index (χ1n) is 10.3. The van der Waals surface area contributed by atoms with Crippen LogP contribution in [0.2, 0.25) is 5.02 Å². The van der Waals surface area contributed by atoms with E-state index >= 15 is 0 Å². The van der Waals surface area contributed by atoms with Crippen LogP contribution in [0.4, 0.5) is 0 Å². The van der Waals surface area contributed by atoms with Gasteiger partial charge in [0, 0.05) is 11.5 Å². The first-order valence-corrected chi connectivity index (χ1v) is 12.5. The molecular formula is C25H30Cl2N2O2S. The van der Waals surface area contributed by atoms with Gasteiger partial charge in [0.1, 0.15) is 25.0 Å². The quantitative estimate of drug-likeness (QED) is 0.202. The Balaban J connectivity index is 2.14. The number of rotatable bonds is 12. The Morgan fingerprint density at radius 2 is 1.91 bits per heavy atom. The van der Waals surface area contributed by atoms with Crippen LogP contribution in [0.5, 0.6) is 11.5 Å². The highest BCUT2D eigenvalue weighted by atomic mass is 35.5. The molecule has 0 aliphatic heterocycles. The summed E-state index contributed by atoms with van der Waals surface area (Å²) in [6.07, 6.45) is 2.87. The molecule has 1 unspecified atom stereocenters. The third-order valence-corrected chi connectivity index (χ3v) is 6.22. The molecule has 0 spiro atoms. The number of nitrogens with zero attached hydrogens (tertiary/aromatic N) is 1. The van der Waals surface area contributed by atoms with Gasteiger partial charge in [0.05, 0.1) is 16.5 Å². The molecule has 0 radical (unpaired) electrons. The summed E-state index contributed by atoms with van der Waals surface area (Å²) in [5, 5.41) is 9.98. The second-order valence-corrected chi connectivity index (χ2v) is 9.53. The van der Waals surface area contributed by atoms with Crippen molar-refractivity contribution in [2.24, 2.45) is 0 Å². The van der Waals surface area contributed by atoms with Gasteiger partial charge in [-0.05, 0) is 60.6 Å². The number of hydrogen-bond acceptors (Lipinski definition) is 5. The van der Waals surface area contributed by atoms with E-state index in [4.69, 9.17) is 32.7 Å². The van der Waals surface area contributed by atoms with Crippen molar-refractivity contribution in [3.05, 3.63) is 70.3 Å². The van der Waals surface area contributed by atoms with Crippen LogP contribution < -0.4 is 14.2 Å². The molecule has 4 nitrogen and oxygen atoms in total. The van der Waals surface area contributed by atoms with Crippen molar-refractivity contribution in [2.45, 2.75) is 38.6 Å². The van der Waals surface area contributed by atoms with Crippen LogP contribution in [0, 0.1) is 11.3 Å². The highest BCUT2D eigenvalue weighted by molar-refractivity contribution is 7.96. The first kappa shape index (κ1) is 26.4. The van der Waals surface area contributed by atoms with E-state index in [0.29, 0.717) is 41.5 Å². The Morgan fingerprint density at radius 3 is 2.50 bits per heavy atom. The SMILES string of the molecule is C=C(COc1ccc(C(C)(C)c2cc(Cl)c(OCCCl)c(C#N)c2)cc1)CC(C)NSC. The molecule has 2 rings (SSSR count). The predicted octanol–water partition coefficient (Wildman–Crippen LogP) is 6.74. The fraction of sp³-hybridized carbons (Fsp3) is 0.400. The van der Waals surface area contributed by atoms with Gasteiger partial charge in [-0.1, -0.05) is 56.1 Å². The van der Waals surface area contributed by atoms with E-state index in [1.165, 1.54) is 0 Å². The average Bonchev–Trinajstić information content (AvgIpc) is 2.76. The molecule has 0 aliphatic carbocycles. The van der Waals surface area contributed by atoms with Crippen molar-refractivity contribution in [1.82, 2.24) is 4.72 Å². The van der Waals surface area contributed by atoms with Crippen LogP contribution in [0.1, 0.15) is 43.9 Å². The molecule has 2 aromatic rings. The van der Waals surface area contributed by atoms with Crippen molar-refractivity contribution in [1.29, 1.82) is 5.26 Å². The minimum atomic E-state index is -0.374. The largest absolute Gasteiger partial charge is 0.489 e. The normalized spacial score (nSPS) is 12.2. The van der Waals surface area contributed by atoms with Gasteiger partial charge in [-0.2, -0.15) is 5.26 Å². The molecule has 0 heterocycles. The molecule has 172 valence electrons. The fourth-order valence-electron chi connectivity index (χ4n) is 3.38. The van der Waals surface area contributed by atoms with Gasteiger partial charge in [0.2, 0.25) is 0 Å². The molecule has 2 aromatic carbocycles. The molecule has 1 atom stereocenters. The summed E-state index contributed by atoms with van der Waals surface area (Å²) in [5.41, 5.74) is 3.07. The summed E-state index contributed by atoms with van der Waals surface area (Å²) < 4.78 is 14.8. The number of nitrogens with one attached hydrogen (secondary N) is 1. The number of benzene rings is 2. The zero-order valence-corrected chi connectivity index (χ0v) is 21.3. The number of hydrogen-bond donors (Lipinski definition) is 1. The van der Waals surface area contributed by atoms with Crippen molar-refractivity contribution in [3.8, 4) is 17.6 Å². The van der Waals surface area contributed by atoms with E-state index in [0.717, 1.165) is 28.9 Å². The number of alkyl halides is 1. The topological polar surface area (TPSA) is 54.3 Å². The maximum absolute atomic E-state index is 9.58. The Bertz CT molecular complexity index is 956. The number of halogens is 2. The van der Waals surface area contributed by atoms with Crippen LogP contribution >= 0.6 is 35.1 Å². The summed E-state index contributed by atoms with van der Waals surface area (Å²) in [6, 6.07) is 14.2. The lowest BCUT2D eigenvalue weighted by atomic mass is 9.77. The highest BCUT2D eigenvalue weighted by Gasteiger charge is 2.26. The summed E-state index contributed by atoms with van der Waals surface area (Å²) in [6.45, 7) is 11.2. The Labute approximate surface area is 206 Å². The number of nitriles is 1. The third-order valence-electron chi connectivity index (χ3n) is 5.14. The van der Waals surface area contributed by atoms with E-state index < -0.39 is 0 Å². The molecule has 0 saturated carbocycles. The van der Waals surface area contributed by atoms with Crippen molar-refractivity contribution in [3.63, 3.8) is 0 Å². The molecule has 0 aliphatic rings. The molecule has 32 heavy (non-hydrogen) atoms. The second kappa shape index (κ2) is 12.4. The van der Waals surface area contributed by atoms with E-state index in [-0.39, 0.29) is 5.41 Å². The first-order chi connectivity index (χ1) is 15.2. The minimum Gasteiger partial charge on any atom is -0.489 e. The summed E-state index contributed by atoms with van der Waals surface area (Å²) in [7, 11) is 0. The Morgan fingerprint density at radius 1 is 1.22 bits per heavy atom. The van der Waals surface area contributed by atoms with Crippen molar-refractivity contribution < 1.29 is 9.47 Å². The van der Waals surface area contributed by atoms with Gasteiger partial charge < -0.3 is 9.47 Å². The van der Waals surface area contributed by atoms with Crippen LogP contribution in [0.3, 0.4) is 0 Å². The summed E-state index contributed by atoms with van der Waals surface area (Å²) in [4.78, 5) is 0. The van der Waals surface area contributed by atoms with Gasteiger partial charge in [0.25, 0.3) is 0 Å². The molecule has 0 fully saturated rings. The van der Waals surface area contributed by atoms with Crippen molar-refractivity contribution >= 4 is 35.1 Å². The van der Waals surface area contributed by atoms with Gasteiger partial charge in [-0.25, -0.2) is 0 Å². The van der Waals surface area contributed by atoms with Crippen LogP contribution in [-0.4, -0.2) is 31.4 Å². The third kappa shape index (κ3) is 7.08. The maximum Gasteiger partial charge on any atom is 0.155 e. The van der Waals surface area contributed by atoms with Gasteiger partial charge in [-0.3, -0.25) is 4.72 Å². The van der Waals surface area contributed by atoms with Gasteiger partial charge in [-0.15, -0.1) is 11.6 Å². The molecule has 7 heteroatoms. The lowest BCUT2D eigenvalue weighted by Gasteiger charge is -2.27. The molecule has 0 bridgehead atoms. The summed E-state index contributed by atoms with van der Waals surface area (Å²) >= 11 is 13.7. The maximum atomic E-state index is 9.58. The molecule has 0 amide bonds. The smallest absolute Gasteiger partial charge is 0.155 e. The highest BCUT2D eigenvalue weighted by Crippen LogP contribution is 2.38.